The molecule has 7 nitrogen and oxygen atoms in total. The van der Waals surface area contributed by atoms with E-state index in [2.05, 4.69) is 22.2 Å². The summed E-state index contributed by atoms with van der Waals surface area (Å²) >= 11 is 0. The van der Waals surface area contributed by atoms with Gasteiger partial charge < -0.3 is 19.9 Å². The van der Waals surface area contributed by atoms with Crippen LogP contribution in [0.15, 0.2) is 6.07 Å². The number of piperidine rings is 1. The molecule has 1 saturated carbocycles. The zero-order valence-electron chi connectivity index (χ0n) is 16.9. The maximum absolute atomic E-state index is 12.9. The van der Waals surface area contributed by atoms with E-state index in [-0.39, 0.29) is 17.7 Å². The molecule has 152 valence electrons. The molecule has 7 heteroatoms. The van der Waals surface area contributed by atoms with Crippen molar-refractivity contribution in [2.75, 3.05) is 27.2 Å². The summed E-state index contributed by atoms with van der Waals surface area (Å²) in [6.45, 7) is 2.74. The van der Waals surface area contributed by atoms with Gasteiger partial charge >= 0.3 is 0 Å². The normalized spacial score (nSPS) is 23.1. The van der Waals surface area contributed by atoms with Gasteiger partial charge in [-0.3, -0.25) is 9.59 Å². The Hall–Kier alpha value is -2.15. The second-order valence-electron chi connectivity index (χ2n) is 8.34. The number of hydrogen-bond donors (Lipinski definition) is 1. The van der Waals surface area contributed by atoms with Crippen molar-refractivity contribution in [2.24, 2.45) is 5.92 Å². The van der Waals surface area contributed by atoms with Crippen LogP contribution in [0.1, 0.15) is 60.1 Å². The summed E-state index contributed by atoms with van der Waals surface area (Å²) < 4.78 is 5.46. The van der Waals surface area contributed by atoms with Crippen LogP contribution in [0.5, 0.6) is 5.88 Å². The third kappa shape index (κ3) is 3.72. The zero-order valence-corrected chi connectivity index (χ0v) is 16.9. The van der Waals surface area contributed by atoms with Crippen molar-refractivity contribution >= 4 is 11.8 Å². The third-order valence-corrected chi connectivity index (χ3v) is 6.36. The molecule has 0 radical (unpaired) electrons. The van der Waals surface area contributed by atoms with Crippen LogP contribution >= 0.6 is 0 Å². The van der Waals surface area contributed by atoms with Crippen LogP contribution < -0.4 is 10.1 Å². The molecule has 28 heavy (non-hydrogen) atoms. The highest BCUT2D eigenvalue weighted by atomic mass is 16.5. The summed E-state index contributed by atoms with van der Waals surface area (Å²) in [7, 11) is 3.64. The van der Waals surface area contributed by atoms with Crippen LogP contribution in [0.25, 0.3) is 0 Å². The average Bonchev–Trinajstić information content (AvgIpc) is 3.33. The number of nitrogens with one attached hydrogen (secondary N) is 1. The van der Waals surface area contributed by atoms with Gasteiger partial charge in [0.05, 0.1) is 30.8 Å². The van der Waals surface area contributed by atoms with Crippen LogP contribution in [-0.4, -0.2) is 59.9 Å². The minimum absolute atomic E-state index is 0.0200. The average molecular weight is 386 g/mol. The number of rotatable bonds is 5. The summed E-state index contributed by atoms with van der Waals surface area (Å²) in [5.74, 6) is 0.652. The molecule has 4 rings (SSSR count). The first-order valence-corrected chi connectivity index (χ1v) is 10.4. The molecular weight excluding hydrogens is 356 g/mol. The molecule has 2 amide bonds. The lowest BCUT2D eigenvalue weighted by molar-refractivity contribution is -0.126. The van der Waals surface area contributed by atoms with Crippen LogP contribution in [0, 0.1) is 5.92 Å². The first kappa shape index (κ1) is 19.2. The van der Waals surface area contributed by atoms with Gasteiger partial charge in [0, 0.05) is 24.7 Å². The third-order valence-electron chi connectivity index (χ3n) is 6.36. The van der Waals surface area contributed by atoms with Crippen LogP contribution in [-0.2, 0) is 17.9 Å². The molecule has 0 bridgehead atoms. The van der Waals surface area contributed by atoms with E-state index in [0.29, 0.717) is 30.6 Å². The van der Waals surface area contributed by atoms with Gasteiger partial charge in [0.15, 0.2) is 0 Å². The first-order chi connectivity index (χ1) is 13.6. The number of pyridine rings is 1. The quantitative estimate of drug-likeness (QED) is 0.837. The number of methoxy groups -OCH3 is 1. The van der Waals surface area contributed by atoms with Crippen molar-refractivity contribution in [3.05, 3.63) is 22.9 Å². The van der Waals surface area contributed by atoms with Crippen molar-refractivity contribution in [3.8, 4) is 5.88 Å². The maximum Gasteiger partial charge on any atom is 0.256 e. The number of carbonyl (C=O) groups excluding carboxylic acids is 2. The number of amides is 2. The lowest BCUT2D eigenvalue weighted by Crippen LogP contribution is -2.41. The van der Waals surface area contributed by atoms with Crippen molar-refractivity contribution in [2.45, 2.75) is 57.7 Å². The molecule has 0 spiro atoms. The standard InChI is InChI=1S/C21H30N4O3/c1-24-9-5-6-14(12-24)19(26)22-11-15-10-17-18(23-20(15)28-2)13-25(21(17)27)16-7-3-4-8-16/h10,14,16H,3-9,11-13H2,1-2H3,(H,22,26)/t14-/m1/s1. The molecule has 0 unspecified atom stereocenters. The molecule has 2 aliphatic heterocycles. The molecule has 1 aliphatic carbocycles. The Morgan fingerprint density at radius 3 is 2.79 bits per heavy atom. The predicted molar refractivity (Wildman–Crippen MR) is 105 cm³/mol. The van der Waals surface area contributed by atoms with Gasteiger partial charge in [-0.1, -0.05) is 12.8 Å². The molecule has 1 aromatic heterocycles. The highest BCUT2D eigenvalue weighted by Gasteiger charge is 2.36. The lowest BCUT2D eigenvalue weighted by atomic mass is 9.97. The van der Waals surface area contributed by atoms with Crippen molar-refractivity contribution < 1.29 is 14.3 Å². The van der Waals surface area contributed by atoms with Gasteiger partial charge in [0.1, 0.15) is 0 Å². The monoisotopic (exact) mass is 386 g/mol. The molecule has 3 heterocycles. The Labute approximate surface area is 166 Å². The smallest absolute Gasteiger partial charge is 0.256 e. The van der Waals surface area contributed by atoms with E-state index in [4.69, 9.17) is 4.74 Å². The van der Waals surface area contributed by atoms with Crippen LogP contribution in [0.2, 0.25) is 0 Å². The first-order valence-electron chi connectivity index (χ1n) is 10.4. The maximum atomic E-state index is 12.9. The summed E-state index contributed by atoms with van der Waals surface area (Å²) in [5.41, 5.74) is 2.22. The topological polar surface area (TPSA) is 74.8 Å². The fraction of sp³-hybridized carbons (Fsp3) is 0.667. The van der Waals surface area contributed by atoms with Crippen molar-refractivity contribution in [1.29, 1.82) is 0 Å². The molecule has 1 aromatic rings. The van der Waals surface area contributed by atoms with E-state index in [1.54, 1.807) is 7.11 Å². The molecule has 3 aliphatic rings. The van der Waals surface area contributed by atoms with Crippen molar-refractivity contribution in [3.63, 3.8) is 0 Å². The number of hydrogen-bond acceptors (Lipinski definition) is 5. The Kier molecular flexibility index (Phi) is 5.53. The highest BCUT2D eigenvalue weighted by Crippen LogP contribution is 2.33. The molecule has 2 fully saturated rings. The second kappa shape index (κ2) is 8.07. The number of fused-ring (bicyclic) bond motifs is 1. The fourth-order valence-electron chi connectivity index (χ4n) is 4.79. The van der Waals surface area contributed by atoms with E-state index in [0.717, 1.165) is 50.0 Å². The minimum Gasteiger partial charge on any atom is -0.481 e. The molecule has 1 saturated heterocycles. The number of ether oxygens (including phenoxy) is 1. The van der Waals surface area contributed by atoms with Gasteiger partial charge in [-0.15, -0.1) is 0 Å². The fourth-order valence-corrected chi connectivity index (χ4v) is 4.79. The molecular formula is C21H30N4O3. The zero-order chi connectivity index (χ0) is 19.7. The van der Waals surface area contributed by atoms with Gasteiger partial charge in [-0.2, -0.15) is 0 Å². The second-order valence-corrected chi connectivity index (χ2v) is 8.34. The molecule has 0 aromatic carbocycles. The minimum atomic E-state index is 0.0200. The largest absolute Gasteiger partial charge is 0.481 e. The SMILES string of the molecule is COc1nc2c(cc1CNC(=O)[C@@H]1CCCN(C)C1)C(=O)N(C1CCCC1)C2. The van der Waals surface area contributed by atoms with E-state index < -0.39 is 0 Å². The predicted octanol–water partition coefficient (Wildman–Crippen LogP) is 1.95. The van der Waals surface area contributed by atoms with Gasteiger partial charge in [0.2, 0.25) is 11.8 Å². The number of aromatic nitrogens is 1. The van der Waals surface area contributed by atoms with Crippen LogP contribution in [0.3, 0.4) is 0 Å². The summed E-state index contributed by atoms with van der Waals surface area (Å²) in [4.78, 5) is 34.2. The Bertz CT molecular complexity index is 760. The summed E-state index contributed by atoms with van der Waals surface area (Å²) in [6, 6.07) is 2.20. The summed E-state index contributed by atoms with van der Waals surface area (Å²) in [5, 5.41) is 3.03. The summed E-state index contributed by atoms with van der Waals surface area (Å²) in [6.07, 6.45) is 6.50. The highest BCUT2D eigenvalue weighted by molar-refractivity contribution is 5.98. The van der Waals surface area contributed by atoms with Crippen molar-refractivity contribution in [1.82, 2.24) is 20.1 Å². The Morgan fingerprint density at radius 2 is 2.07 bits per heavy atom. The lowest BCUT2D eigenvalue weighted by Gasteiger charge is -2.28. The van der Waals surface area contributed by atoms with Gasteiger partial charge in [-0.05, 0) is 45.3 Å². The van der Waals surface area contributed by atoms with Crippen LogP contribution in [0.4, 0.5) is 0 Å². The number of nitrogens with zero attached hydrogens (tertiary/aromatic N) is 3. The van der Waals surface area contributed by atoms with E-state index in [1.807, 2.05) is 11.0 Å². The van der Waals surface area contributed by atoms with E-state index >= 15 is 0 Å². The molecule has 1 N–H and O–H groups in total. The Balaban J connectivity index is 1.46. The van der Waals surface area contributed by atoms with Gasteiger partial charge in [-0.25, -0.2) is 4.98 Å². The van der Waals surface area contributed by atoms with E-state index in [1.165, 1.54) is 12.8 Å². The van der Waals surface area contributed by atoms with E-state index in [9.17, 15) is 9.59 Å². The molecule has 1 atom stereocenters. The van der Waals surface area contributed by atoms with Gasteiger partial charge in [0.25, 0.3) is 5.91 Å². The Morgan fingerprint density at radius 1 is 1.29 bits per heavy atom. The number of likely N-dealkylation sites (tertiary alicyclic amines) is 1. The number of carbonyl (C=O) groups is 2.